The molecule has 26 heavy (non-hydrogen) atoms. The number of rotatable bonds is 9. The first-order chi connectivity index (χ1) is 12.2. The standard InChI is InChI=1S/C18H28BrN5O.HI/c1-3-5-14(8-9-25)10-21-18(20-4-2)22-11-16-13-24-12-15(19)6-7-17(24)23-16;/h6-7,12-14,25H,3-5,8-11H2,1-2H3,(H2,20,21,22);1H. The molecule has 0 amide bonds. The zero-order valence-electron chi connectivity index (χ0n) is 15.4. The van der Waals surface area contributed by atoms with Crippen LogP contribution in [0.4, 0.5) is 0 Å². The molecule has 0 bridgehead atoms. The van der Waals surface area contributed by atoms with Crippen molar-refractivity contribution in [2.45, 2.75) is 39.7 Å². The van der Waals surface area contributed by atoms with E-state index in [1.807, 2.05) is 28.9 Å². The van der Waals surface area contributed by atoms with Crippen molar-refractivity contribution in [3.05, 3.63) is 34.7 Å². The van der Waals surface area contributed by atoms with Crippen molar-refractivity contribution in [2.75, 3.05) is 19.7 Å². The number of aliphatic hydroxyl groups excluding tert-OH is 1. The quantitative estimate of drug-likeness (QED) is 0.260. The van der Waals surface area contributed by atoms with Gasteiger partial charge in [-0.25, -0.2) is 9.98 Å². The lowest BCUT2D eigenvalue weighted by molar-refractivity contribution is 0.251. The van der Waals surface area contributed by atoms with Crippen LogP contribution in [0.3, 0.4) is 0 Å². The summed E-state index contributed by atoms with van der Waals surface area (Å²) in [5.41, 5.74) is 1.84. The fourth-order valence-electron chi connectivity index (χ4n) is 2.78. The van der Waals surface area contributed by atoms with Crippen molar-refractivity contribution in [1.29, 1.82) is 0 Å². The lowest BCUT2D eigenvalue weighted by Crippen LogP contribution is -2.40. The molecule has 0 aromatic carbocycles. The summed E-state index contributed by atoms with van der Waals surface area (Å²) in [5.74, 6) is 1.26. The molecule has 0 saturated carbocycles. The summed E-state index contributed by atoms with van der Waals surface area (Å²) in [6, 6.07) is 3.96. The van der Waals surface area contributed by atoms with Crippen molar-refractivity contribution in [1.82, 2.24) is 20.0 Å². The van der Waals surface area contributed by atoms with Crippen LogP contribution in [-0.2, 0) is 6.54 Å². The van der Waals surface area contributed by atoms with Crippen molar-refractivity contribution < 1.29 is 5.11 Å². The Morgan fingerprint density at radius 3 is 2.77 bits per heavy atom. The Balaban J connectivity index is 0.00000338. The van der Waals surface area contributed by atoms with Gasteiger partial charge in [0, 0.05) is 36.6 Å². The molecular formula is C18H29BrIN5O. The van der Waals surface area contributed by atoms with E-state index in [0.717, 1.165) is 54.1 Å². The number of pyridine rings is 1. The number of hydrogen-bond donors (Lipinski definition) is 3. The lowest BCUT2D eigenvalue weighted by atomic mass is 10.0. The molecule has 8 heteroatoms. The number of imidazole rings is 1. The third-order valence-electron chi connectivity index (χ3n) is 4.00. The summed E-state index contributed by atoms with van der Waals surface area (Å²) in [6.07, 6.45) is 7.04. The van der Waals surface area contributed by atoms with E-state index in [4.69, 9.17) is 0 Å². The van der Waals surface area contributed by atoms with Crippen LogP contribution in [0.25, 0.3) is 5.65 Å². The predicted octanol–water partition coefficient (Wildman–Crippen LogP) is 3.57. The predicted molar refractivity (Wildman–Crippen MR) is 121 cm³/mol. The summed E-state index contributed by atoms with van der Waals surface area (Å²) < 4.78 is 3.02. The summed E-state index contributed by atoms with van der Waals surface area (Å²) in [7, 11) is 0. The van der Waals surface area contributed by atoms with Gasteiger partial charge in [-0.3, -0.25) is 0 Å². The second kappa shape index (κ2) is 12.5. The van der Waals surface area contributed by atoms with Gasteiger partial charge >= 0.3 is 0 Å². The van der Waals surface area contributed by atoms with Gasteiger partial charge in [0.15, 0.2) is 5.96 Å². The first-order valence-electron chi connectivity index (χ1n) is 8.92. The van der Waals surface area contributed by atoms with Gasteiger partial charge in [0.1, 0.15) is 5.65 Å². The van der Waals surface area contributed by atoms with Gasteiger partial charge in [-0.05, 0) is 53.7 Å². The van der Waals surface area contributed by atoms with E-state index in [1.165, 1.54) is 0 Å². The number of aliphatic hydroxyl groups is 1. The van der Waals surface area contributed by atoms with Crippen LogP contribution < -0.4 is 10.6 Å². The Morgan fingerprint density at radius 1 is 1.27 bits per heavy atom. The zero-order valence-corrected chi connectivity index (χ0v) is 19.3. The Morgan fingerprint density at radius 2 is 2.08 bits per heavy atom. The maximum absolute atomic E-state index is 9.18. The molecule has 6 nitrogen and oxygen atoms in total. The van der Waals surface area contributed by atoms with E-state index in [2.05, 4.69) is 50.4 Å². The van der Waals surface area contributed by atoms with Crippen LogP contribution in [-0.4, -0.2) is 40.1 Å². The third kappa shape index (κ3) is 7.40. The molecule has 0 radical (unpaired) electrons. The second-order valence-electron chi connectivity index (χ2n) is 6.09. The Bertz CT molecular complexity index is 685. The molecule has 146 valence electrons. The zero-order chi connectivity index (χ0) is 18.1. The smallest absolute Gasteiger partial charge is 0.191 e. The summed E-state index contributed by atoms with van der Waals surface area (Å²) in [5, 5.41) is 15.8. The minimum atomic E-state index is 0. The number of guanidine groups is 1. The highest BCUT2D eigenvalue weighted by Crippen LogP contribution is 2.13. The van der Waals surface area contributed by atoms with Crippen LogP contribution in [0.15, 0.2) is 34.0 Å². The second-order valence-corrected chi connectivity index (χ2v) is 7.00. The first kappa shape index (κ1) is 23.2. The van der Waals surface area contributed by atoms with Crippen molar-refractivity contribution in [2.24, 2.45) is 10.9 Å². The fraction of sp³-hybridized carbons (Fsp3) is 0.556. The number of nitrogens with zero attached hydrogens (tertiary/aromatic N) is 3. The van der Waals surface area contributed by atoms with E-state index in [9.17, 15) is 5.11 Å². The monoisotopic (exact) mass is 537 g/mol. The molecule has 2 aromatic heterocycles. The average Bonchev–Trinajstić information content (AvgIpc) is 2.99. The molecule has 2 rings (SSSR count). The van der Waals surface area contributed by atoms with E-state index in [0.29, 0.717) is 12.5 Å². The highest BCUT2D eigenvalue weighted by atomic mass is 127. The Kier molecular flexibility index (Phi) is 11.1. The van der Waals surface area contributed by atoms with Crippen LogP contribution in [0, 0.1) is 5.92 Å². The topological polar surface area (TPSA) is 74.0 Å². The molecule has 0 spiro atoms. The van der Waals surface area contributed by atoms with Gasteiger partial charge in [-0.2, -0.15) is 0 Å². The molecule has 0 aliphatic rings. The maximum Gasteiger partial charge on any atom is 0.191 e. The fourth-order valence-corrected chi connectivity index (χ4v) is 3.13. The van der Waals surface area contributed by atoms with Gasteiger partial charge in [-0.15, -0.1) is 24.0 Å². The van der Waals surface area contributed by atoms with Crippen molar-refractivity contribution in [3.63, 3.8) is 0 Å². The molecule has 2 heterocycles. The molecule has 0 fully saturated rings. The molecular weight excluding hydrogens is 509 g/mol. The van der Waals surface area contributed by atoms with E-state index in [1.54, 1.807) is 0 Å². The number of halogens is 2. The summed E-state index contributed by atoms with van der Waals surface area (Å²) in [4.78, 5) is 9.22. The lowest BCUT2D eigenvalue weighted by Gasteiger charge is -2.18. The largest absolute Gasteiger partial charge is 0.396 e. The maximum atomic E-state index is 9.18. The normalized spacial score (nSPS) is 12.7. The van der Waals surface area contributed by atoms with Gasteiger partial charge in [0.2, 0.25) is 0 Å². The van der Waals surface area contributed by atoms with Gasteiger partial charge < -0.3 is 20.1 Å². The number of aliphatic imine (C=N–C) groups is 1. The minimum absolute atomic E-state index is 0. The summed E-state index contributed by atoms with van der Waals surface area (Å²) in [6.45, 7) is 6.60. The molecule has 2 aromatic rings. The molecule has 0 aliphatic heterocycles. The van der Waals surface area contributed by atoms with Crippen LogP contribution >= 0.6 is 39.9 Å². The number of hydrogen-bond acceptors (Lipinski definition) is 3. The molecule has 0 saturated heterocycles. The SMILES string of the molecule is CCCC(CCO)CNC(=NCc1cn2cc(Br)ccc2n1)NCC.I. The Labute approximate surface area is 181 Å². The molecule has 3 N–H and O–H groups in total. The first-order valence-corrected chi connectivity index (χ1v) is 9.71. The van der Waals surface area contributed by atoms with Crippen LogP contribution in [0.1, 0.15) is 38.8 Å². The third-order valence-corrected chi connectivity index (χ3v) is 4.47. The van der Waals surface area contributed by atoms with Crippen LogP contribution in [0.2, 0.25) is 0 Å². The van der Waals surface area contributed by atoms with Gasteiger partial charge in [0.05, 0.1) is 12.2 Å². The van der Waals surface area contributed by atoms with Crippen molar-refractivity contribution in [3.8, 4) is 0 Å². The van der Waals surface area contributed by atoms with E-state index < -0.39 is 0 Å². The van der Waals surface area contributed by atoms with Gasteiger partial charge in [-0.1, -0.05) is 13.3 Å². The van der Waals surface area contributed by atoms with E-state index in [-0.39, 0.29) is 30.6 Å². The molecule has 0 aliphatic carbocycles. The minimum Gasteiger partial charge on any atom is -0.396 e. The van der Waals surface area contributed by atoms with Crippen molar-refractivity contribution >= 4 is 51.5 Å². The number of nitrogens with one attached hydrogen (secondary N) is 2. The molecule has 1 unspecified atom stereocenters. The number of fused-ring (bicyclic) bond motifs is 1. The Hall–Kier alpha value is -0.870. The van der Waals surface area contributed by atoms with E-state index >= 15 is 0 Å². The summed E-state index contributed by atoms with van der Waals surface area (Å²) >= 11 is 3.47. The van der Waals surface area contributed by atoms with Crippen LogP contribution in [0.5, 0.6) is 0 Å². The highest BCUT2D eigenvalue weighted by Gasteiger charge is 2.08. The molecule has 1 atom stereocenters. The average molecular weight is 538 g/mol. The van der Waals surface area contributed by atoms with Gasteiger partial charge in [0.25, 0.3) is 0 Å². The highest BCUT2D eigenvalue weighted by molar-refractivity contribution is 14.0. The number of aromatic nitrogens is 2.